The second-order valence-corrected chi connectivity index (χ2v) is 12.5. The van der Waals surface area contributed by atoms with Gasteiger partial charge in [-0.15, -0.1) is 5.10 Å². The van der Waals surface area contributed by atoms with E-state index in [-0.39, 0.29) is 0 Å². The molecule has 0 bridgehead atoms. The summed E-state index contributed by atoms with van der Waals surface area (Å²) in [5, 5.41) is 13.5. The van der Waals surface area contributed by atoms with Gasteiger partial charge in [0.05, 0.1) is 5.03 Å². The molecule has 0 spiro atoms. The summed E-state index contributed by atoms with van der Waals surface area (Å²) in [7, 11) is 1.68. The molecule has 2 aliphatic heterocycles. The molecule has 0 radical (unpaired) electrons. The minimum absolute atomic E-state index is 0.394. The number of hydrogen-bond acceptors (Lipinski definition) is 5. The fourth-order valence-electron chi connectivity index (χ4n) is 3.15. The lowest BCUT2D eigenvalue weighted by Gasteiger charge is -2.29. The molecule has 0 aliphatic carbocycles. The highest BCUT2D eigenvalue weighted by Gasteiger charge is 2.29. The number of fused-ring (bicyclic) bond motifs is 1. The molecule has 0 amide bonds. The predicted molar refractivity (Wildman–Crippen MR) is 117 cm³/mol. The van der Waals surface area contributed by atoms with Gasteiger partial charge in [-0.1, -0.05) is 37.5 Å². The number of nitrogens with zero attached hydrogens (tertiary/aromatic N) is 4. The smallest absolute Gasteiger partial charge is 0.143 e. The Balaban J connectivity index is 1.55. The first-order valence-corrected chi connectivity index (χ1v) is 13.1. The minimum Gasteiger partial charge on any atom is -0.349 e. The van der Waals surface area contributed by atoms with Crippen molar-refractivity contribution in [3.63, 3.8) is 0 Å². The van der Waals surface area contributed by atoms with E-state index >= 15 is 0 Å². The van der Waals surface area contributed by atoms with Crippen molar-refractivity contribution in [3.8, 4) is 0 Å². The number of hydrogen-bond donors (Lipinski definition) is 1. The SMILES string of the molecule is CN1CCP(=O)(c2ccc(NC3=IC=C(Cl)c4c3nnn4C)cc2)CC1. The van der Waals surface area contributed by atoms with Crippen molar-refractivity contribution in [2.45, 2.75) is 0 Å². The average Bonchev–Trinajstić information content (AvgIpc) is 3.04. The quantitative estimate of drug-likeness (QED) is 0.516. The van der Waals surface area contributed by atoms with Crippen LogP contribution in [-0.2, 0) is 11.6 Å². The van der Waals surface area contributed by atoms with E-state index in [0.717, 1.165) is 56.5 Å². The molecule has 3 heterocycles. The van der Waals surface area contributed by atoms with Gasteiger partial charge in [-0.25, -0.2) is 4.68 Å². The maximum Gasteiger partial charge on any atom is 0.143 e. The first kappa shape index (κ1) is 18.3. The first-order chi connectivity index (χ1) is 12.5. The molecule has 0 atom stereocenters. The molecule has 26 heavy (non-hydrogen) atoms. The molecule has 1 saturated heterocycles. The summed E-state index contributed by atoms with van der Waals surface area (Å²) >= 11 is 5.91. The van der Waals surface area contributed by atoms with E-state index < -0.39 is 27.9 Å². The van der Waals surface area contributed by atoms with E-state index in [0.29, 0.717) is 0 Å². The minimum atomic E-state index is -2.25. The van der Waals surface area contributed by atoms with Gasteiger partial charge >= 0.3 is 0 Å². The van der Waals surface area contributed by atoms with E-state index in [9.17, 15) is 4.57 Å². The lowest BCUT2D eigenvalue weighted by molar-refractivity contribution is 0.361. The zero-order chi connectivity index (χ0) is 18.3. The summed E-state index contributed by atoms with van der Waals surface area (Å²) in [4.78, 5) is 2.24. The third kappa shape index (κ3) is 3.42. The maximum absolute atomic E-state index is 13.2. The molecular weight excluding hydrogens is 484 g/mol. The maximum atomic E-state index is 13.2. The van der Waals surface area contributed by atoms with Crippen LogP contribution in [0.1, 0.15) is 11.4 Å². The van der Waals surface area contributed by atoms with Crippen molar-refractivity contribution >= 4 is 59.1 Å². The Hall–Kier alpha value is -1.02. The van der Waals surface area contributed by atoms with Gasteiger partial charge in [0.1, 0.15) is 22.2 Å². The van der Waals surface area contributed by atoms with Gasteiger partial charge in [-0.2, -0.15) is 0 Å². The highest BCUT2D eigenvalue weighted by molar-refractivity contribution is 14.2. The summed E-state index contributed by atoms with van der Waals surface area (Å²) in [5.41, 5.74) is 2.67. The number of anilines is 1. The number of aromatic nitrogens is 3. The molecule has 0 unspecified atom stereocenters. The Labute approximate surface area is 167 Å². The van der Waals surface area contributed by atoms with Crippen LogP contribution in [0.3, 0.4) is 0 Å². The van der Waals surface area contributed by atoms with Crippen molar-refractivity contribution in [1.29, 1.82) is 0 Å². The zero-order valence-corrected chi connectivity index (χ0v) is 18.4. The van der Waals surface area contributed by atoms with Crippen LogP contribution >= 0.6 is 39.5 Å². The molecule has 1 aromatic heterocycles. The van der Waals surface area contributed by atoms with Crippen LogP contribution in [0.5, 0.6) is 0 Å². The molecule has 1 aromatic carbocycles. The fourth-order valence-corrected chi connectivity index (χ4v) is 8.41. The van der Waals surface area contributed by atoms with Crippen LogP contribution < -0.4 is 10.6 Å². The molecule has 0 saturated carbocycles. The van der Waals surface area contributed by atoms with Crippen molar-refractivity contribution in [3.05, 3.63) is 39.7 Å². The van der Waals surface area contributed by atoms with Gasteiger partial charge in [-0.3, -0.25) is 0 Å². The van der Waals surface area contributed by atoms with Crippen molar-refractivity contribution in [2.75, 3.05) is 37.8 Å². The molecule has 9 heteroatoms. The molecule has 2 aliphatic rings. The van der Waals surface area contributed by atoms with Gasteiger partial charge < -0.3 is 14.8 Å². The molecule has 6 nitrogen and oxygen atoms in total. The Morgan fingerprint density at radius 3 is 2.58 bits per heavy atom. The largest absolute Gasteiger partial charge is 0.349 e. The van der Waals surface area contributed by atoms with Crippen molar-refractivity contribution in [2.24, 2.45) is 7.05 Å². The topological polar surface area (TPSA) is 63.1 Å². The summed E-state index contributed by atoms with van der Waals surface area (Å²) in [5.74, 6) is 0. The second kappa shape index (κ2) is 7.19. The average molecular weight is 504 g/mol. The summed E-state index contributed by atoms with van der Waals surface area (Å²) < 4.78 is 18.0. The van der Waals surface area contributed by atoms with Gasteiger partial charge in [0.2, 0.25) is 0 Å². The number of nitrogens with one attached hydrogen (secondary N) is 1. The first-order valence-electron chi connectivity index (χ1n) is 8.37. The Morgan fingerprint density at radius 1 is 1.19 bits per heavy atom. The van der Waals surface area contributed by atoms with Crippen molar-refractivity contribution in [1.82, 2.24) is 19.9 Å². The molecule has 4 rings (SSSR count). The summed E-state index contributed by atoms with van der Waals surface area (Å²) in [6.07, 6.45) is 1.54. The van der Waals surface area contributed by atoms with Crippen LogP contribution in [0.4, 0.5) is 5.69 Å². The summed E-state index contributed by atoms with van der Waals surface area (Å²) in [6.45, 7) is 1.81. The van der Waals surface area contributed by atoms with Gasteiger partial charge in [0.25, 0.3) is 0 Å². The fraction of sp³-hybridized carbons (Fsp3) is 0.353. The highest BCUT2D eigenvalue weighted by atomic mass is 127. The van der Waals surface area contributed by atoms with E-state index in [2.05, 4.69) is 31.7 Å². The van der Waals surface area contributed by atoms with Crippen LogP contribution in [-0.4, -0.2) is 56.0 Å². The van der Waals surface area contributed by atoms with E-state index in [1.807, 2.05) is 31.3 Å². The third-order valence-corrected chi connectivity index (χ3v) is 10.9. The van der Waals surface area contributed by atoms with E-state index in [1.165, 1.54) is 0 Å². The van der Waals surface area contributed by atoms with Crippen LogP contribution in [0.25, 0.3) is 5.03 Å². The predicted octanol–water partition coefficient (Wildman–Crippen LogP) is 2.86. The molecule has 138 valence electrons. The lowest BCUT2D eigenvalue weighted by atomic mass is 10.2. The Kier molecular flexibility index (Phi) is 5.07. The lowest BCUT2D eigenvalue weighted by Crippen LogP contribution is -2.34. The normalized spacial score (nSPS) is 19.8. The Morgan fingerprint density at radius 2 is 1.88 bits per heavy atom. The molecule has 1 N–H and O–H groups in total. The number of rotatable bonds is 3. The van der Waals surface area contributed by atoms with Gasteiger partial charge in [0, 0.05) is 43.5 Å². The van der Waals surface area contributed by atoms with Gasteiger partial charge in [-0.05, 0) is 35.4 Å². The second-order valence-electron chi connectivity index (χ2n) is 6.60. The number of aryl methyl sites for hydroxylation is 1. The highest BCUT2D eigenvalue weighted by Crippen LogP contribution is 2.46. The van der Waals surface area contributed by atoms with Crippen LogP contribution in [0, 0.1) is 0 Å². The summed E-state index contributed by atoms with van der Waals surface area (Å²) in [6, 6.07) is 8.05. The molecule has 1 fully saturated rings. The van der Waals surface area contributed by atoms with E-state index in [1.54, 1.807) is 4.68 Å². The zero-order valence-electron chi connectivity index (χ0n) is 14.6. The number of halogens is 2. The molecule has 2 aromatic rings. The molecular formula is C17H20ClIN5OP. The number of benzene rings is 1. The van der Waals surface area contributed by atoms with E-state index in [4.69, 9.17) is 11.6 Å². The Bertz CT molecular complexity index is 941. The third-order valence-electron chi connectivity index (χ3n) is 4.80. The van der Waals surface area contributed by atoms with Crippen LogP contribution in [0.2, 0.25) is 0 Å². The monoisotopic (exact) mass is 503 g/mol. The standard InChI is InChI=1S/C17H20ClIN5OP/c1-23-7-9-26(25,10-8-23)13-5-3-12(4-6-13)20-17-15-16(14(18)11-19-17)24(2)22-21-15/h3-6,11,20H,7-10H2,1-2H3. The van der Waals surface area contributed by atoms with Crippen LogP contribution in [0.15, 0.2) is 28.3 Å². The van der Waals surface area contributed by atoms with Gasteiger partial charge in [0.15, 0.2) is 0 Å². The van der Waals surface area contributed by atoms with Crippen molar-refractivity contribution < 1.29 is 4.57 Å².